The van der Waals surface area contributed by atoms with Gasteiger partial charge in [-0.25, -0.2) is 0 Å². The molecule has 1 saturated heterocycles. The molecule has 0 spiro atoms. The lowest BCUT2D eigenvalue weighted by molar-refractivity contribution is 0.271. The average Bonchev–Trinajstić information content (AvgIpc) is 2.42. The van der Waals surface area contributed by atoms with Crippen molar-refractivity contribution < 1.29 is 4.74 Å². The second-order valence-corrected chi connectivity index (χ2v) is 3.11. The van der Waals surface area contributed by atoms with E-state index >= 15 is 0 Å². The van der Waals surface area contributed by atoms with Crippen LogP contribution in [-0.4, -0.2) is 25.8 Å². The molecule has 0 radical (unpaired) electrons. The van der Waals surface area contributed by atoms with E-state index in [1.807, 2.05) is 7.05 Å². The highest BCUT2D eigenvalue weighted by atomic mass is 16.6. The summed E-state index contributed by atoms with van der Waals surface area (Å²) in [6, 6.07) is 0. The second kappa shape index (κ2) is 1.96. The molecule has 1 saturated carbocycles. The molecule has 0 aromatic heterocycles. The minimum absolute atomic E-state index is 0.656. The molecule has 0 unspecified atom stereocenters. The summed E-state index contributed by atoms with van der Waals surface area (Å²) in [4.78, 5) is 0. The van der Waals surface area contributed by atoms with Gasteiger partial charge in [0.1, 0.15) is 0 Å². The molecule has 1 N–H and O–H groups in total. The highest BCUT2D eigenvalue weighted by Gasteiger charge is 2.47. The maximum atomic E-state index is 5.30. The van der Waals surface area contributed by atoms with Crippen molar-refractivity contribution >= 4 is 0 Å². The Morgan fingerprint density at radius 3 is 2.67 bits per heavy atom. The molecule has 2 aliphatic rings. The number of hydrogen-bond acceptors (Lipinski definition) is 2. The van der Waals surface area contributed by atoms with E-state index in [9.17, 15) is 0 Å². The molecular formula is C7H13NO. The van der Waals surface area contributed by atoms with Crippen molar-refractivity contribution in [3.63, 3.8) is 0 Å². The van der Waals surface area contributed by atoms with Crippen molar-refractivity contribution in [3.8, 4) is 0 Å². The van der Waals surface area contributed by atoms with Crippen molar-refractivity contribution in [1.82, 2.24) is 5.32 Å². The Morgan fingerprint density at radius 2 is 2.11 bits per heavy atom. The third-order valence-electron chi connectivity index (χ3n) is 2.31. The van der Waals surface area contributed by atoms with E-state index in [4.69, 9.17) is 4.74 Å². The quantitative estimate of drug-likeness (QED) is 0.542. The van der Waals surface area contributed by atoms with Crippen LogP contribution in [0.5, 0.6) is 0 Å². The van der Waals surface area contributed by atoms with Crippen LogP contribution in [0, 0.1) is 5.92 Å². The minimum Gasteiger partial charge on any atom is -0.370 e. The minimum atomic E-state index is 0.656. The van der Waals surface area contributed by atoms with Gasteiger partial charge in [-0.15, -0.1) is 0 Å². The highest BCUT2D eigenvalue weighted by molar-refractivity contribution is 4.95. The van der Waals surface area contributed by atoms with E-state index in [-0.39, 0.29) is 0 Å². The van der Waals surface area contributed by atoms with E-state index in [1.165, 1.54) is 19.4 Å². The fraction of sp³-hybridized carbons (Fsp3) is 1.00. The zero-order valence-electron chi connectivity index (χ0n) is 5.76. The molecule has 2 rings (SSSR count). The smallest absolute Gasteiger partial charge is 0.0845 e. The fourth-order valence-corrected chi connectivity index (χ4v) is 1.80. The molecule has 0 aromatic rings. The zero-order chi connectivity index (χ0) is 6.27. The third kappa shape index (κ3) is 0.970. The lowest BCUT2D eigenvalue weighted by atomic mass is 10.1. The summed E-state index contributed by atoms with van der Waals surface area (Å²) in [5, 5.41) is 3.20. The van der Waals surface area contributed by atoms with E-state index in [0.717, 1.165) is 5.92 Å². The molecule has 2 fully saturated rings. The topological polar surface area (TPSA) is 24.6 Å². The second-order valence-electron chi connectivity index (χ2n) is 3.11. The molecule has 9 heavy (non-hydrogen) atoms. The Balaban J connectivity index is 1.77. The van der Waals surface area contributed by atoms with Crippen LogP contribution in [0.2, 0.25) is 0 Å². The number of nitrogens with one attached hydrogen (secondary N) is 1. The molecule has 52 valence electrons. The monoisotopic (exact) mass is 127 g/mol. The summed E-state index contributed by atoms with van der Waals surface area (Å²) in [6.07, 6.45) is 3.91. The van der Waals surface area contributed by atoms with Crippen LogP contribution in [-0.2, 0) is 4.74 Å². The number of epoxide rings is 1. The van der Waals surface area contributed by atoms with E-state index in [2.05, 4.69) is 5.32 Å². The highest BCUT2D eigenvalue weighted by Crippen LogP contribution is 2.41. The van der Waals surface area contributed by atoms with Crippen molar-refractivity contribution in [2.45, 2.75) is 25.0 Å². The van der Waals surface area contributed by atoms with Crippen LogP contribution in [0.1, 0.15) is 12.8 Å². The molecule has 3 atom stereocenters. The van der Waals surface area contributed by atoms with Gasteiger partial charge in [-0.3, -0.25) is 0 Å². The van der Waals surface area contributed by atoms with Gasteiger partial charge in [0, 0.05) is 0 Å². The Labute approximate surface area is 55.6 Å². The van der Waals surface area contributed by atoms with Crippen LogP contribution in [0.3, 0.4) is 0 Å². The summed E-state index contributed by atoms with van der Waals surface area (Å²) in [7, 11) is 2.02. The van der Waals surface area contributed by atoms with E-state index < -0.39 is 0 Å². The van der Waals surface area contributed by atoms with Gasteiger partial charge in [0.05, 0.1) is 12.2 Å². The lowest BCUT2D eigenvalue weighted by Crippen LogP contribution is -2.17. The summed E-state index contributed by atoms with van der Waals surface area (Å²) < 4.78 is 5.30. The van der Waals surface area contributed by atoms with Gasteiger partial charge in [-0.1, -0.05) is 0 Å². The first kappa shape index (κ1) is 5.69. The van der Waals surface area contributed by atoms with Gasteiger partial charge in [0.15, 0.2) is 0 Å². The maximum absolute atomic E-state index is 5.30. The summed E-state index contributed by atoms with van der Waals surface area (Å²) in [5.74, 6) is 0.902. The van der Waals surface area contributed by atoms with E-state index in [0.29, 0.717) is 12.2 Å². The summed E-state index contributed by atoms with van der Waals surface area (Å²) >= 11 is 0. The summed E-state index contributed by atoms with van der Waals surface area (Å²) in [5.41, 5.74) is 0. The van der Waals surface area contributed by atoms with Gasteiger partial charge in [-0.2, -0.15) is 0 Å². The number of hydrogen-bond donors (Lipinski definition) is 1. The SMILES string of the molecule is CNC[C@@H]1C[C@@H]2O[C@@H]2C1. The number of fused-ring (bicyclic) bond motifs is 1. The number of rotatable bonds is 2. The number of ether oxygens (including phenoxy) is 1. The fourth-order valence-electron chi connectivity index (χ4n) is 1.80. The largest absolute Gasteiger partial charge is 0.370 e. The Morgan fingerprint density at radius 1 is 1.44 bits per heavy atom. The first-order valence-corrected chi connectivity index (χ1v) is 3.70. The van der Waals surface area contributed by atoms with Gasteiger partial charge in [0.2, 0.25) is 0 Å². The van der Waals surface area contributed by atoms with Gasteiger partial charge >= 0.3 is 0 Å². The van der Waals surface area contributed by atoms with Gasteiger partial charge < -0.3 is 10.1 Å². The third-order valence-corrected chi connectivity index (χ3v) is 2.31. The molecule has 1 aliphatic carbocycles. The molecule has 2 heteroatoms. The van der Waals surface area contributed by atoms with Crippen molar-refractivity contribution in [2.75, 3.05) is 13.6 Å². The molecule has 0 bridgehead atoms. The first-order valence-electron chi connectivity index (χ1n) is 3.70. The molecule has 1 aliphatic heterocycles. The average molecular weight is 127 g/mol. The Hall–Kier alpha value is -0.0800. The van der Waals surface area contributed by atoms with Gasteiger partial charge in [-0.05, 0) is 32.4 Å². The molecule has 1 heterocycles. The van der Waals surface area contributed by atoms with Crippen LogP contribution >= 0.6 is 0 Å². The van der Waals surface area contributed by atoms with Crippen LogP contribution < -0.4 is 5.32 Å². The predicted octanol–water partition coefficient (Wildman–Crippen LogP) is 0.383. The molecule has 0 aromatic carbocycles. The van der Waals surface area contributed by atoms with Crippen molar-refractivity contribution in [3.05, 3.63) is 0 Å². The maximum Gasteiger partial charge on any atom is 0.0845 e. The van der Waals surface area contributed by atoms with Crippen LogP contribution in [0.15, 0.2) is 0 Å². The Bertz CT molecular complexity index is 105. The first-order chi connectivity index (χ1) is 4.40. The normalized spacial score (nSPS) is 47.0. The van der Waals surface area contributed by atoms with Crippen molar-refractivity contribution in [2.24, 2.45) is 5.92 Å². The lowest BCUT2D eigenvalue weighted by Gasteiger charge is -2.08. The Kier molecular flexibility index (Phi) is 1.24. The molecule has 0 amide bonds. The molecular weight excluding hydrogens is 114 g/mol. The standard InChI is InChI=1S/C7H13NO/c1-8-4-5-2-6-7(3-5)9-6/h5-8H,2-4H2,1H3/t5-,6+,7-. The van der Waals surface area contributed by atoms with Crippen LogP contribution in [0.4, 0.5) is 0 Å². The predicted molar refractivity (Wildman–Crippen MR) is 35.3 cm³/mol. The van der Waals surface area contributed by atoms with Crippen LogP contribution in [0.25, 0.3) is 0 Å². The van der Waals surface area contributed by atoms with E-state index in [1.54, 1.807) is 0 Å². The summed E-state index contributed by atoms with van der Waals surface area (Å²) in [6.45, 7) is 1.18. The zero-order valence-corrected chi connectivity index (χ0v) is 5.76. The van der Waals surface area contributed by atoms with Crippen molar-refractivity contribution in [1.29, 1.82) is 0 Å². The molecule has 2 nitrogen and oxygen atoms in total. The van der Waals surface area contributed by atoms with Gasteiger partial charge in [0.25, 0.3) is 0 Å².